The number of tetrazole rings is 1. The van der Waals surface area contributed by atoms with E-state index in [1.165, 1.54) is 6.33 Å². The lowest BCUT2D eigenvalue weighted by molar-refractivity contribution is -0.116. The van der Waals surface area contributed by atoms with Crippen LogP contribution in [0, 0.1) is 5.92 Å². The Labute approximate surface area is 233 Å². The van der Waals surface area contributed by atoms with E-state index in [-0.39, 0.29) is 23.4 Å². The Kier molecular flexibility index (Phi) is 5.09. The summed E-state index contributed by atoms with van der Waals surface area (Å²) in [5.41, 5.74) is 7.17. The number of imidazole rings is 1. The number of benzene rings is 2. The topological polar surface area (TPSA) is 123 Å². The van der Waals surface area contributed by atoms with Crippen LogP contribution in [-0.4, -0.2) is 40.6 Å². The number of pyridine rings is 1. The quantitative estimate of drug-likeness (QED) is 0.339. The minimum absolute atomic E-state index is 0.0506. The van der Waals surface area contributed by atoms with Gasteiger partial charge in [-0.25, -0.2) is 4.98 Å². The molecule has 2 aromatic carbocycles. The number of aromatic amines is 1. The molecule has 2 aliphatic heterocycles. The van der Waals surface area contributed by atoms with Crippen molar-refractivity contribution >= 4 is 23.2 Å². The van der Waals surface area contributed by atoms with E-state index < -0.39 is 0 Å². The lowest BCUT2D eigenvalue weighted by atomic mass is 9.71. The lowest BCUT2D eigenvalue weighted by Gasteiger charge is -2.32. The van der Waals surface area contributed by atoms with Gasteiger partial charge in [0.1, 0.15) is 12.2 Å². The number of halogens is 1. The highest BCUT2D eigenvalue weighted by Crippen LogP contribution is 2.55. The number of rotatable bonds is 4. The third-order valence-electron chi connectivity index (χ3n) is 8.54. The molecule has 5 aromatic rings. The van der Waals surface area contributed by atoms with Gasteiger partial charge in [-0.3, -0.25) is 9.59 Å². The Balaban J connectivity index is 1.18. The molecular weight excluding hydrogens is 528 g/mol. The van der Waals surface area contributed by atoms with Gasteiger partial charge in [-0.1, -0.05) is 17.7 Å². The van der Waals surface area contributed by atoms with Crippen LogP contribution in [0.4, 0.5) is 5.69 Å². The highest BCUT2D eigenvalue weighted by Gasteiger charge is 2.48. The minimum atomic E-state index is -0.153. The Morgan fingerprint density at radius 3 is 2.73 bits per heavy atom. The number of hydrogen-bond acceptors (Lipinski definition) is 6. The minimum Gasteiger partial charge on any atom is -0.340 e. The fraction of sp³-hybridized carbons (Fsp3) is 0.241. The van der Waals surface area contributed by atoms with Crippen LogP contribution in [0.2, 0.25) is 5.02 Å². The predicted octanol–water partition coefficient (Wildman–Crippen LogP) is 4.52. The maximum absolute atomic E-state index is 13.8. The second-order valence-electron chi connectivity index (χ2n) is 10.7. The van der Waals surface area contributed by atoms with E-state index in [1.54, 1.807) is 16.8 Å². The Morgan fingerprint density at radius 1 is 0.975 bits per heavy atom. The average Bonchev–Trinajstić information content (AvgIpc) is 3.67. The molecule has 2 N–H and O–H groups in total. The van der Waals surface area contributed by atoms with Crippen molar-refractivity contribution in [1.82, 2.24) is 34.7 Å². The molecule has 0 saturated heterocycles. The number of aryl methyl sites for hydroxylation is 1. The maximum atomic E-state index is 13.8. The van der Waals surface area contributed by atoms with Crippen LogP contribution in [0.3, 0.4) is 0 Å². The van der Waals surface area contributed by atoms with Crippen molar-refractivity contribution in [2.24, 2.45) is 5.92 Å². The summed E-state index contributed by atoms with van der Waals surface area (Å²) in [4.78, 5) is 33.8. The van der Waals surface area contributed by atoms with Crippen LogP contribution in [0.5, 0.6) is 0 Å². The van der Waals surface area contributed by atoms with Crippen molar-refractivity contribution < 1.29 is 4.79 Å². The summed E-state index contributed by atoms with van der Waals surface area (Å²) < 4.78 is 3.49. The average molecular weight is 551 g/mol. The molecule has 3 atom stereocenters. The number of H-pyrrole nitrogens is 1. The van der Waals surface area contributed by atoms with Gasteiger partial charge < -0.3 is 14.9 Å². The molecule has 8 rings (SSSR count). The number of anilines is 1. The molecule has 5 heterocycles. The SMILES string of the molecule is O=C1CCc2cc(-c3cnc([C@@H]4[C@H]5CC[C@H]5c5cc(-c6cc(Cl)ccc6-n6cnnn6)cc(=O)n54)[nH]3)ccc2N1. The molecule has 1 aliphatic carbocycles. The molecule has 0 spiro atoms. The number of aromatic nitrogens is 7. The molecule has 198 valence electrons. The predicted molar refractivity (Wildman–Crippen MR) is 148 cm³/mol. The second kappa shape index (κ2) is 8.72. The summed E-state index contributed by atoms with van der Waals surface area (Å²) in [5.74, 6) is 1.43. The van der Waals surface area contributed by atoms with E-state index in [0.29, 0.717) is 17.4 Å². The van der Waals surface area contributed by atoms with Crippen LogP contribution < -0.4 is 10.9 Å². The zero-order chi connectivity index (χ0) is 27.0. The fourth-order valence-electron chi connectivity index (χ4n) is 6.52. The van der Waals surface area contributed by atoms with E-state index in [4.69, 9.17) is 16.6 Å². The van der Waals surface area contributed by atoms with Crippen molar-refractivity contribution in [1.29, 1.82) is 0 Å². The molecule has 1 fully saturated rings. The van der Waals surface area contributed by atoms with Crippen LogP contribution in [0.25, 0.3) is 28.1 Å². The summed E-state index contributed by atoms with van der Waals surface area (Å²) in [5, 5.41) is 15.1. The standard InChI is InChI=1S/C29H23ClN8O2/c30-18-3-7-24(37-14-32-35-36-37)21(12-18)17-10-25-19-4-5-20(19)28(38(25)27(40)11-17)29-31-13-23(34-29)16-1-6-22-15(9-16)2-8-26(39)33-22/h1,3,6-7,9-14,19-20,28H,2,4-5,8H2,(H,31,34)(H,33,39)/t19-,20+,28+/m1/s1. The van der Waals surface area contributed by atoms with Gasteiger partial charge in [0, 0.05) is 40.4 Å². The number of nitrogens with zero attached hydrogens (tertiary/aromatic N) is 6. The molecule has 3 aromatic heterocycles. The van der Waals surface area contributed by atoms with Crippen LogP contribution >= 0.6 is 11.6 Å². The number of amides is 1. The first-order chi connectivity index (χ1) is 19.5. The van der Waals surface area contributed by atoms with Crippen molar-refractivity contribution in [2.75, 3.05) is 5.32 Å². The first-order valence-electron chi connectivity index (χ1n) is 13.3. The Morgan fingerprint density at radius 2 is 1.90 bits per heavy atom. The summed E-state index contributed by atoms with van der Waals surface area (Å²) in [6, 6.07) is 15.1. The molecule has 1 saturated carbocycles. The lowest BCUT2D eigenvalue weighted by Crippen LogP contribution is -2.28. The van der Waals surface area contributed by atoms with Gasteiger partial charge in [-0.2, -0.15) is 4.68 Å². The van der Waals surface area contributed by atoms with Crippen molar-refractivity contribution in [3.05, 3.63) is 93.5 Å². The molecule has 10 nitrogen and oxygen atoms in total. The van der Waals surface area contributed by atoms with E-state index in [9.17, 15) is 9.59 Å². The highest BCUT2D eigenvalue weighted by molar-refractivity contribution is 6.31. The summed E-state index contributed by atoms with van der Waals surface area (Å²) in [6.07, 6.45) is 6.64. The van der Waals surface area contributed by atoms with Gasteiger partial charge in [-0.05, 0) is 88.7 Å². The van der Waals surface area contributed by atoms with E-state index in [1.807, 2.05) is 35.0 Å². The molecule has 11 heteroatoms. The largest absolute Gasteiger partial charge is 0.340 e. The van der Waals surface area contributed by atoms with Crippen LogP contribution in [-0.2, 0) is 11.2 Å². The van der Waals surface area contributed by atoms with Gasteiger partial charge >= 0.3 is 0 Å². The fourth-order valence-corrected chi connectivity index (χ4v) is 6.69. The van der Waals surface area contributed by atoms with Crippen molar-refractivity contribution in [3.63, 3.8) is 0 Å². The van der Waals surface area contributed by atoms with Gasteiger partial charge in [0.15, 0.2) is 0 Å². The molecule has 40 heavy (non-hydrogen) atoms. The molecule has 0 unspecified atom stereocenters. The first kappa shape index (κ1) is 23.3. The number of hydrogen-bond donors (Lipinski definition) is 2. The maximum Gasteiger partial charge on any atom is 0.252 e. The van der Waals surface area contributed by atoms with Gasteiger partial charge in [0.05, 0.1) is 23.6 Å². The second-order valence-corrected chi connectivity index (χ2v) is 11.1. The summed E-state index contributed by atoms with van der Waals surface area (Å²) >= 11 is 6.37. The third-order valence-corrected chi connectivity index (χ3v) is 8.78. The molecule has 3 aliphatic rings. The van der Waals surface area contributed by atoms with Gasteiger partial charge in [0.25, 0.3) is 5.56 Å². The van der Waals surface area contributed by atoms with Gasteiger partial charge in [-0.15, -0.1) is 5.10 Å². The summed E-state index contributed by atoms with van der Waals surface area (Å²) in [6.45, 7) is 0. The number of fused-ring (bicyclic) bond motifs is 4. The van der Waals surface area contributed by atoms with Crippen molar-refractivity contribution in [2.45, 2.75) is 37.6 Å². The number of carbonyl (C=O) groups excluding carboxylic acids is 1. The normalized spacial score (nSPS) is 20.8. The summed E-state index contributed by atoms with van der Waals surface area (Å²) in [7, 11) is 0. The number of nitrogens with one attached hydrogen (secondary N) is 2. The molecule has 0 radical (unpaired) electrons. The van der Waals surface area contributed by atoms with Crippen molar-refractivity contribution in [3.8, 4) is 28.1 Å². The zero-order valence-corrected chi connectivity index (χ0v) is 22.0. The zero-order valence-electron chi connectivity index (χ0n) is 21.2. The Hall–Kier alpha value is -4.57. The van der Waals surface area contributed by atoms with Gasteiger partial charge in [0.2, 0.25) is 5.91 Å². The highest BCUT2D eigenvalue weighted by atomic mass is 35.5. The molecule has 1 amide bonds. The smallest absolute Gasteiger partial charge is 0.252 e. The number of carbonyl (C=O) groups is 1. The van der Waals surface area contributed by atoms with Crippen LogP contribution in [0.1, 0.15) is 48.3 Å². The molecule has 0 bridgehead atoms. The monoisotopic (exact) mass is 550 g/mol. The van der Waals surface area contributed by atoms with E-state index >= 15 is 0 Å². The molecular formula is C29H23ClN8O2. The Bertz CT molecular complexity index is 1880. The first-order valence-corrected chi connectivity index (χ1v) is 13.7. The van der Waals surface area contributed by atoms with E-state index in [2.05, 4.69) is 38.0 Å². The van der Waals surface area contributed by atoms with Crippen LogP contribution in [0.15, 0.2) is 65.8 Å². The van der Waals surface area contributed by atoms with E-state index in [0.717, 1.165) is 70.1 Å². The third kappa shape index (κ3) is 3.56.